The van der Waals surface area contributed by atoms with E-state index in [0.29, 0.717) is 12.2 Å². The minimum atomic E-state index is -0.462. The Bertz CT molecular complexity index is 261. The molecule has 0 bridgehead atoms. The summed E-state index contributed by atoms with van der Waals surface area (Å²) in [5, 5.41) is 0. The molecule has 0 spiro atoms. The number of ether oxygens (including phenoxy) is 2. The molecule has 0 aromatic rings. The smallest absolute Gasteiger partial charge is 0.340 e. The molecule has 1 heterocycles. The maximum Gasteiger partial charge on any atom is 0.340 e. The highest BCUT2D eigenvalue weighted by Gasteiger charge is 2.08. The minimum absolute atomic E-state index is 0.227. The first kappa shape index (κ1) is 8.59. The first-order chi connectivity index (χ1) is 5.70. The van der Waals surface area contributed by atoms with Gasteiger partial charge in [-0.15, -0.1) is 0 Å². The highest BCUT2D eigenvalue weighted by molar-refractivity contribution is 5.87. The lowest BCUT2D eigenvalue weighted by atomic mass is 10.4. The van der Waals surface area contributed by atoms with E-state index >= 15 is 0 Å². The van der Waals surface area contributed by atoms with Gasteiger partial charge in [-0.05, 0) is 13.0 Å². The Balaban J connectivity index is 2.51. The lowest BCUT2D eigenvalue weighted by molar-refractivity contribution is -0.140. The molecule has 0 aromatic heterocycles. The number of carbonyl (C=O) groups excluding carboxylic acids is 1. The molecule has 1 rings (SSSR count). The number of hydrogen-bond acceptors (Lipinski definition) is 3. The Morgan fingerprint density at radius 3 is 3.00 bits per heavy atom. The molecule has 0 saturated heterocycles. The number of hydrogen-bond donors (Lipinski definition) is 0. The van der Waals surface area contributed by atoms with E-state index < -0.39 is 5.97 Å². The van der Waals surface area contributed by atoms with Gasteiger partial charge < -0.3 is 9.47 Å². The standard InChI is InChI=1S/C9H10O3/c1-7(2)9(10)12-8-5-3-4-6-11-8/h3-5H,1,6H2,2H3. The van der Waals surface area contributed by atoms with Gasteiger partial charge in [0.15, 0.2) is 0 Å². The van der Waals surface area contributed by atoms with E-state index in [1.165, 1.54) is 0 Å². The van der Waals surface area contributed by atoms with Crippen molar-refractivity contribution in [2.75, 3.05) is 6.61 Å². The Morgan fingerprint density at radius 1 is 1.75 bits per heavy atom. The fourth-order valence-electron chi connectivity index (χ4n) is 0.622. The average Bonchev–Trinajstić information content (AvgIpc) is 2.06. The third-order valence-electron chi connectivity index (χ3n) is 1.23. The number of carbonyl (C=O) groups is 1. The van der Waals surface area contributed by atoms with Crippen LogP contribution in [0.5, 0.6) is 0 Å². The molecule has 0 N–H and O–H groups in total. The molecule has 3 nitrogen and oxygen atoms in total. The van der Waals surface area contributed by atoms with E-state index in [4.69, 9.17) is 9.47 Å². The molecule has 0 aliphatic carbocycles. The van der Waals surface area contributed by atoms with Gasteiger partial charge in [-0.2, -0.15) is 0 Å². The van der Waals surface area contributed by atoms with Crippen molar-refractivity contribution in [3.63, 3.8) is 0 Å². The van der Waals surface area contributed by atoms with Crippen LogP contribution in [0.1, 0.15) is 6.92 Å². The van der Waals surface area contributed by atoms with E-state index in [1.54, 1.807) is 19.1 Å². The summed E-state index contributed by atoms with van der Waals surface area (Å²) in [6, 6.07) is 0. The van der Waals surface area contributed by atoms with Crippen LogP contribution in [0.15, 0.2) is 36.3 Å². The number of rotatable bonds is 2. The third kappa shape index (κ3) is 2.27. The van der Waals surface area contributed by atoms with Crippen LogP contribution in [0, 0.1) is 0 Å². The summed E-state index contributed by atoms with van der Waals surface area (Å²) < 4.78 is 9.79. The SMILES string of the molecule is C=C(C)C(=O)OC1=CC=CCO1. The molecule has 0 unspecified atom stereocenters. The first-order valence-corrected chi connectivity index (χ1v) is 3.57. The molecule has 1 aliphatic heterocycles. The maximum atomic E-state index is 10.9. The van der Waals surface area contributed by atoms with Gasteiger partial charge in [-0.1, -0.05) is 12.7 Å². The fourth-order valence-corrected chi connectivity index (χ4v) is 0.622. The van der Waals surface area contributed by atoms with E-state index in [1.807, 2.05) is 6.08 Å². The van der Waals surface area contributed by atoms with Crippen molar-refractivity contribution in [3.05, 3.63) is 36.3 Å². The van der Waals surface area contributed by atoms with Gasteiger partial charge >= 0.3 is 5.97 Å². The van der Waals surface area contributed by atoms with E-state index in [-0.39, 0.29) is 5.95 Å². The van der Waals surface area contributed by atoms with Gasteiger partial charge in [-0.3, -0.25) is 0 Å². The summed E-state index contributed by atoms with van der Waals surface area (Å²) in [4.78, 5) is 10.9. The van der Waals surface area contributed by atoms with E-state index in [9.17, 15) is 4.79 Å². The predicted molar refractivity (Wildman–Crippen MR) is 44.1 cm³/mol. The molecule has 0 radical (unpaired) electrons. The van der Waals surface area contributed by atoms with Gasteiger partial charge in [0.1, 0.15) is 6.61 Å². The van der Waals surface area contributed by atoms with E-state index in [0.717, 1.165) is 0 Å². The van der Waals surface area contributed by atoms with Crippen LogP contribution in [-0.2, 0) is 14.3 Å². The van der Waals surface area contributed by atoms with Gasteiger partial charge in [0.25, 0.3) is 5.95 Å². The maximum absolute atomic E-state index is 10.9. The molecule has 0 saturated carbocycles. The Labute approximate surface area is 71.0 Å². The zero-order valence-electron chi connectivity index (χ0n) is 6.87. The molecule has 0 aromatic carbocycles. The summed E-state index contributed by atoms with van der Waals surface area (Å²) >= 11 is 0. The Hall–Kier alpha value is -1.51. The van der Waals surface area contributed by atoms with Crippen molar-refractivity contribution in [2.24, 2.45) is 0 Å². The number of allylic oxidation sites excluding steroid dienone is 2. The van der Waals surface area contributed by atoms with Crippen molar-refractivity contribution in [1.82, 2.24) is 0 Å². The fraction of sp³-hybridized carbons (Fsp3) is 0.222. The highest BCUT2D eigenvalue weighted by atomic mass is 16.7. The summed E-state index contributed by atoms with van der Waals surface area (Å²) in [6.07, 6.45) is 5.17. The molecule has 1 aliphatic rings. The third-order valence-corrected chi connectivity index (χ3v) is 1.23. The van der Waals surface area contributed by atoms with Crippen LogP contribution in [-0.4, -0.2) is 12.6 Å². The average molecular weight is 166 g/mol. The van der Waals surface area contributed by atoms with Crippen LogP contribution < -0.4 is 0 Å². The summed E-state index contributed by atoms with van der Waals surface area (Å²) in [5.41, 5.74) is 0.356. The molecular weight excluding hydrogens is 156 g/mol. The largest absolute Gasteiger partial charge is 0.461 e. The number of esters is 1. The van der Waals surface area contributed by atoms with E-state index in [2.05, 4.69) is 6.58 Å². The lowest BCUT2D eigenvalue weighted by Crippen LogP contribution is -2.08. The topological polar surface area (TPSA) is 35.5 Å². The second-order valence-corrected chi connectivity index (χ2v) is 2.39. The molecule has 3 heteroatoms. The van der Waals surface area contributed by atoms with Crippen LogP contribution in [0.4, 0.5) is 0 Å². The van der Waals surface area contributed by atoms with Crippen molar-refractivity contribution < 1.29 is 14.3 Å². The molecule has 12 heavy (non-hydrogen) atoms. The molecule has 0 atom stereocenters. The molecule has 64 valence electrons. The van der Waals surface area contributed by atoms with Gasteiger partial charge in [0, 0.05) is 11.6 Å². The second-order valence-electron chi connectivity index (χ2n) is 2.39. The summed E-state index contributed by atoms with van der Waals surface area (Å²) in [7, 11) is 0. The molecular formula is C9H10O3. The van der Waals surface area contributed by atoms with Gasteiger partial charge in [0.2, 0.25) is 0 Å². The van der Waals surface area contributed by atoms with Crippen molar-refractivity contribution in [3.8, 4) is 0 Å². The zero-order valence-corrected chi connectivity index (χ0v) is 6.87. The lowest BCUT2D eigenvalue weighted by Gasteiger charge is -2.10. The Kier molecular flexibility index (Phi) is 2.69. The predicted octanol–water partition coefficient (Wildman–Crippen LogP) is 1.53. The normalized spacial score (nSPS) is 14.6. The molecule has 0 fully saturated rings. The Morgan fingerprint density at radius 2 is 2.50 bits per heavy atom. The summed E-state index contributed by atoms with van der Waals surface area (Å²) in [5.74, 6) is -0.234. The zero-order chi connectivity index (χ0) is 8.97. The van der Waals surface area contributed by atoms with Crippen LogP contribution in [0.3, 0.4) is 0 Å². The first-order valence-electron chi connectivity index (χ1n) is 3.57. The minimum Gasteiger partial charge on any atom is -0.461 e. The monoisotopic (exact) mass is 166 g/mol. The van der Waals surface area contributed by atoms with Crippen molar-refractivity contribution in [1.29, 1.82) is 0 Å². The summed E-state index contributed by atoms with van der Waals surface area (Å²) in [6.45, 7) is 5.47. The van der Waals surface area contributed by atoms with Crippen molar-refractivity contribution >= 4 is 5.97 Å². The molecule has 0 amide bonds. The van der Waals surface area contributed by atoms with Gasteiger partial charge in [0.05, 0.1) is 0 Å². The van der Waals surface area contributed by atoms with Crippen LogP contribution in [0.25, 0.3) is 0 Å². The quantitative estimate of drug-likeness (QED) is 0.461. The van der Waals surface area contributed by atoms with Crippen LogP contribution in [0.2, 0.25) is 0 Å². The van der Waals surface area contributed by atoms with Gasteiger partial charge in [-0.25, -0.2) is 4.79 Å². The highest BCUT2D eigenvalue weighted by Crippen LogP contribution is 2.07. The van der Waals surface area contributed by atoms with Crippen molar-refractivity contribution in [2.45, 2.75) is 6.92 Å². The van der Waals surface area contributed by atoms with Crippen LogP contribution >= 0.6 is 0 Å². The second kappa shape index (κ2) is 3.76.